The molecular weight excluding hydrogens is 498 g/mol. The van der Waals surface area contributed by atoms with Crippen molar-refractivity contribution in [1.82, 2.24) is 5.32 Å². The molecule has 0 aromatic heterocycles. The zero-order valence-electron chi connectivity index (χ0n) is 27.5. The molecule has 10 atom stereocenters. The second-order valence-corrected chi connectivity index (χ2v) is 18.4. The van der Waals surface area contributed by atoms with E-state index in [9.17, 15) is 15.0 Å². The van der Waals surface area contributed by atoms with Crippen molar-refractivity contribution in [3.63, 3.8) is 0 Å². The molecule has 1 amide bonds. The number of ether oxygens (including phenoxy) is 1. The largest absolute Gasteiger partial charge is 0.444 e. The number of nitrogens with one attached hydrogen (secondary N) is 1. The van der Waals surface area contributed by atoms with Gasteiger partial charge >= 0.3 is 6.09 Å². The number of amides is 1. The predicted molar refractivity (Wildman–Crippen MR) is 161 cm³/mol. The van der Waals surface area contributed by atoms with Gasteiger partial charge in [-0.1, -0.05) is 48.5 Å². The number of aliphatic hydroxyl groups excluding tert-OH is 2. The van der Waals surface area contributed by atoms with Crippen molar-refractivity contribution in [2.75, 3.05) is 6.54 Å². The molecule has 0 aromatic rings. The molecule has 5 aliphatic carbocycles. The summed E-state index contributed by atoms with van der Waals surface area (Å²) in [7, 11) is 0. The number of hydrogen-bond acceptors (Lipinski definition) is 4. The summed E-state index contributed by atoms with van der Waals surface area (Å²) in [4.78, 5) is 12.8. The van der Waals surface area contributed by atoms with Crippen molar-refractivity contribution in [2.45, 2.75) is 151 Å². The lowest BCUT2D eigenvalue weighted by Gasteiger charge is -2.74. The Bertz CT molecular complexity index is 1000. The van der Waals surface area contributed by atoms with Crippen LogP contribution in [0.2, 0.25) is 0 Å². The van der Waals surface area contributed by atoms with Gasteiger partial charge in [-0.2, -0.15) is 0 Å². The van der Waals surface area contributed by atoms with Crippen LogP contribution in [0.15, 0.2) is 0 Å². The summed E-state index contributed by atoms with van der Waals surface area (Å²) in [6, 6.07) is 0. The van der Waals surface area contributed by atoms with Gasteiger partial charge in [0.05, 0.1) is 12.2 Å². The lowest BCUT2D eigenvalue weighted by Crippen LogP contribution is -2.70. The van der Waals surface area contributed by atoms with Gasteiger partial charge in [0.25, 0.3) is 0 Å². The van der Waals surface area contributed by atoms with Gasteiger partial charge in [0.2, 0.25) is 0 Å². The Morgan fingerprint density at radius 2 is 1.50 bits per heavy atom. The Morgan fingerprint density at radius 1 is 0.850 bits per heavy atom. The third-order valence-corrected chi connectivity index (χ3v) is 14.4. The molecule has 5 aliphatic rings. The Kier molecular flexibility index (Phi) is 7.16. The van der Waals surface area contributed by atoms with Gasteiger partial charge in [-0.15, -0.1) is 0 Å². The Balaban J connectivity index is 1.49. The van der Waals surface area contributed by atoms with Crippen molar-refractivity contribution in [3.05, 3.63) is 0 Å². The first-order valence-corrected chi connectivity index (χ1v) is 16.5. The highest BCUT2D eigenvalue weighted by molar-refractivity contribution is 5.67. The summed E-state index contributed by atoms with van der Waals surface area (Å²) < 4.78 is 5.65. The fourth-order valence-electron chi connectivity index (χ4n) is 12.0. The van der Waals surface area contributed by atoms with E-state index in [1.54, 1.807) is 0 Å². The molecule has 0 aromatic carbocycles. The normalized spacial score (nSPS) is 49.5. The van der Waals surface area contributed by atoms with Crippen LogP contribution < -0.4 is 5.32 Å². The van der Waals surface area contributed by atoms with Gasteiger partial charge in [-0.05, 0) is 141 Å². The van der Waals surface area contributed by atoms with Crippen molar-refractivity contribution >= 4 is 6.09 Å². The zero-order valence-corrected chi connectivity index (χ0v) is 27.5. The number of carbonyl (C=O) groups is 1. The minimum absolute atomic E-state index is 0.0127. The van der Waals surface area contributed by atoms with Crippen LogP contribution in [0.25, 0.3) is 0 Å². The SMILES string of the molecule is CC1(C)CC[C@]2(CNC(=O)OC(C)(C)C)CC[C@]3(C)[C@H](C(O)C[C@@H]4[C@@]5(C)CCC(O)C(C)(C)[C@@H]5CC[C@]43C)[C@@H]2C1. The van der Waals surface area contributed by atoms with Gasteiger partial charge in [0, 0.05) is 6.54 Å². The van der Waals surface area contributed by atoms with E-state index in [1.807, 2.05) is 20.8 Å². The maximum absolute atomic E-state index is 12.8. The molecule has 0 saturated heterocycles. The highest BCUT2D eigenvalue weighted by atomic mass is 16.6. The van der Waals surface area contributed by atoms with E-state index in [2.05, 4.69) is 53.8 Å². The van der Waals surface area contributed by atoms with E-state index in [4.69, 9.17) is 4.74 Å². The number of carbonyl (C=O) groups excluding carboxylic acids is 1. The topological polar surface area (TPSA) is 78.8 Å². The number of alkyl carbamates (subject to hydrolysis) is 1. The van der Waals surface area contributed by atoms with Crippen LogP contribution in [-0.4, -0.2) is 40.7 Å². The van der Waals surface area contributed by atoms with E-state index >= 15 is 0 Å². The standard InChI is InChI=1S/C35H61NO4/c1-29(2,3)40-28(39)36-21-35-17-15-30(4,5)20-22(35)27-23(37)19-25-32(8)13-12-26(38)31(6,7)24(32)11-14-33(25,9)34(27,10)16-18-35/h22-27,37-38H,11-21H2,1-10H3,(H,36,39)/t22-,23?,24-,25+,26?,27-,32-,33+,34+,35+/m0/s1. The molecule has 0 bridgehead atoms. The molecule has 5 heteroatoms. The van der Waals surface area contributed by atoms with Crippen LogP contribution in [0, 0.1) is 56.2 Å². The van der Waals surface area contributed by atoms with Crippen molar-refractivity contribution in [3.8, 4) is 0 Å². The van der Waals surface area contributed by atoms with Crippen LogP contribution in [0.4, 0.5) is 4.79 Å². The van der Waals surface area contributed by atoms with Crippen LogP contribution in [0.5, 0.6) is 0 Å². The van der Waals surface area contributed by atoms with Crippen LogP contribution >= 0.6 is 0 Å². The molecule has 5 rings (SSSR count). The summed E-state index contributed by atoms with van der Waals surface area (Å²) in [6.07, 6.45) is 9.90. The summed E-state index contributed by atoms with van der Waals surface area (Å²) in [6.45, 7) is 23.5. The molecule has 0 heterocycles. The lowest BCUT2D eigenvalue weighted by molar-refractivity contribution is -0.278. The summed E-state index contributed by atoms with van der Waals surface area (Å²) in [5.41, 5.74) is 0.0111. The Morgan fingerprint density at radius 3 is 2.15 bits per heavy atom. The molecular formula is C35H61NO4. The number of rotatable bonds is 2. The van der Waals surface area contributed by atoms with Crippen molar-refractivity contribution in [2.24, 2.45) is 56.2 Å². The predicted octanol–water partition coefficient (Wildman–Crippen LogP) is 7.72. The average Bonchev–Trinajstić information content (AvgIpc) is 2.81. The van der Waals surface area contributed by atoms with E-state index in [0.717, 1.165) is 51.4 Å². The number of hydrogen-bond donors (Lipinski definition) is 3. The second kappa shape index (κ2) is 9.34. The van der Waals surface area contributed by atoms with Gasteiger partial charge < -0.3 is 20.3 Å². The molecule has 40 heavy (non-hydrogen) atoms. The molecule has 2 unspecified atom stereocenters. The maximum Gasteiger partial charge on any atom is 0.407 e. The highest BCUT2D eigenvalue weighted by Crippen LogP contribution is 2.76. The van der Waals surface area contributed by atoms with Gasteiger partial charge in [0.15, 0.2) is 0 Å². The molecule has 0 radical (unpaired) electrons. The van der Waals surface area contributed by atoms with Crippen LogP contribution in [0.3, 0.4) is 0 Å². The monoisotopic (exact) mass is 559 g/mol. The first kappa shape index (κ1) is 30.6. The molecule has 0 spiro atoms. The van der Waals surface area contributed by atoms with Gasteiger partial charge in [0.1, 0.15) is 5.60 Å². The molecule has 3 N–H and O–H groups in total. The summed E-state index contributed by atoms with van der Waals surface area (Å²) in [5.74, 6) is 1.58. The summed E-state index contributed by atoms with van der Waals surface area (Å²) >= 11 is 0. The Labute approximate surface area is 245 Å². The third kappa shape index (κ3) is 4.49. The highest BCUT2D eigenvalue weighted by Gasteiger charge is 2.71. The lowest BCUT2D eigenvalue weighted by atomic mass is 9.31. The average molecular weight is 560 g/mol. The Hall–Kier alpha value is -0.810. The minimum Gasteiger partial charge on any atom is -0.444 e. The quantitative estimate of drug-likeness (QED) is 0.324. The third-order valence-electron chi connectivity index (χ3n) is 14.4. The molecule has 5 fully saturated rings. The van der Waals surface area contributed by atoms with Crippen LogP contribution in [0.1, 0.15) is 133 Å². The molecule has 0 aliphatic heterocycles. The van der Waals surface area contributed by atoms with Crippen LogP contribution in [-0.2, 0) is 4.74 Å². The van der Waals surface area contributed by atoms with Crippen molar-refractivity contribution in [1.29, 1.82) is 0 Å². The van der Waals surface area contributed by atoms with Gasteiger partial charge in [-0.25, -0.2) is 4.79 Å². The summed E-state index contributed by atoms with van der Waals surface area (Å²) in [5, 5.41) is 26.5. The minimum atomic E-state index is -0.511. The molecule has 5 saturated carbocycles. The first-order valence-electron chi connectivity index (χ1n) is 16.5. The number of fused-ring (bicyclic) bond motifs is 7. The fourth-order valence-corrected chi connectivity index (χ4v) is 12.0. The zero-order chi connectivity index (χ0) is 29.7. The second-order valence-electron chi connectivity index (χ2n) is 18.4. The van der Waals surface area contributed by atoms with Crippen molar-refractivity contribution < 1.29 is 19.7 Å². The van der Waals surface area contributed by atoms with E-state index in [-0.39, 0.29) is 56.7 Å². The smallest absolute Gasteiger partial charge is 0.407 e. The first-order chi connectivity index (χ1) is 18.2. The molecule has 5 nitrogen and oxygen atoms in total. The van der Waals surface area contributed by atoms with E-state index in [0.29, 0.717) is 24.3 Å². The number of aliphatic hydroxyl groups is 2. The van der Waals surface area contributed by atoms with E-state index in [1.165, 1.54) is 12.8 Å². The van der Waals surface area contributed by atoms with E-state index < -0.39 is 5.60 Å². The molecule has 230 valence electrons. The maximum atomic E-state index is 12.8. The van der Waals surface area contributed by atoms with Gasteiger partial charge in [-0.3, -0.25) is 0 Å². The fraction of sp³-hybridized carbons (Fsp3) is 0.971.